The van der Waals surface area contributed by atoms with Crippen LogP contribution in [0.5, 0.6) is 0 Å². The molecule has 0 amide bonds. The summed E-state index contributed by atoms with van der Waals surface area (Å²) in [6, 6.07) is 9.67. The fourth-order valence-corrected chi connectivity index (χ4v) is 3.33. The van der Waals surface area contributed by atoms with Crippen LogP contribution < -0.4 is 5.14 Å². The number of hydrogen-bond acceptors (Lipinski definition) is 2. The largest absolute Gasteiger partial charge is 0.228 e. The third kappa shape index (κ3) is 1.92. The molecule has 4 heteroatoms. The summed E-state index contributed by atoms with van der Waals surface area (Å²) in [5.74, 6) is 0. The molecule has 1 fully saturated rings. The molecule has 0 spiro atoms. The van der Waals surface area contributed by atoms with Crippen molar-refractivity contribution >= 4 is 10.0 Å². The van der Waals surface area contributed by atoms with Crippen molar-refractivity contribution in [3.8, 4) is 0 Å². The average molecular weight is 225 g/mol. The lowest BCUT2D eigenvalue weighted by Crippen LogP contribution is -2.50. The van der Waals surface area contributed by atoms with E-state index in [0.717, 1.165) is 12.0 Å². The van der Waals surface area contributed by atoms with E-state index in [1.54, 1.807) is 0 Å². The van der Waals surface area contributed by atoms with Gasteiger partial charge in [-0.25, -0.2) is 13.6 Å². The normalized spacial score (nSPS) is 19.5. The SMILES string of the molecule is NS(=O)(=O)C1(Cc2ccccc2)CCC1. The van der Waals surface area contributed by atoms with Gasteiger partial charge in [-0.2, -0.15) is 0 Å². The average Bonchev–Trinajstić information content (AvgIpc) is 2.11. The molecule has 0 atom stereocenters. The lowest BCUT2D eigenvalue weighted by Gasteiger charge is -2.39. The molecule has 1 aromatic rings. The van der Waals surface area contributed by atoms with Crippen LogP contribution in [0.25, 0.3) is 0 Å². The quantitative estimate of drug-likeness (QED) is 0.846. The van der Waals surface area contributed by atoms with Gasteiger partial charge in [-0.3, -0.25) is 0 Å². The zero-order chi connectivity index (χ0) is 10.9. The summed E-state index contributed by atoms with van der Waals surface area (Å²) in [5, 5.41) is 5.30. The van der Waals surface area contributed by atoms with Gasteiger partial charge in [0.2, 0.25) is 10.0 Å². The van der Waals surface area contributed by atoms with Crippen LogP contribution in [0.1, 0.15) is 24.8 Å². The first-order valence-corrected chi connectivity index (χ1v) is 6.64. The fourth-order valence-electron chi connectivity index (χ4n) is 2.10. The molecule has 0 saturated heterocycles. The van der Waals surface area contributed by atoms with Crippen LogP contribution in [0.3, 0.4) is 0 Å². The summed E-state index contributed by atoms with van der Waals surface area (Å²) in [5.41, 5.74) is 1.05. The van der Waals surface area contributed by atoms with Crippen LogP contribution in [0.15, 0.2) is 30.3 Å². The summed E-state index contributed by atoms with van der Waals surface area (Å²) in [4.78, 5) is 0. The Morgan fingerprint density at radius 2 is 1.80 bits per heavy atom. The Bertz CT molecular complexity index is 435. The van der Waals surface area contributed by atoms with E-state index in [-0.39, 0.29) is 0 Å². The minimum absolute atomic E-state index is 0.548. The Balaban J connectivity index is 2.24. The van der Waals surface area contributed by atoms with E-state index in [1.165, 1.54) is 0 Å². The highest BCUT2D eigenvalue weighted by Crippen LogP contribution is 2.40. The monoisotopic (exact) mass is 225 g/mol. The maximum Gasteiger partial charge on any atom is 0.215 e. The molecular weight excluding hydrogens is 210 g/mol. The van der Waals surface area contributed by atoms with Crippen molar-refractivity contribution in [3.63, 3.8) is 0 Å². The third-order valence-corrected chi connectivity index (χ3v) is 5.00. The minimum atomic E-state index is -3.43. The van der Waals surface area contributed by atoms with Crippen molar-refractivity contribution < 1.29 is 8.42 Å². The van der Waals surface area contributed by atoms with Gasteiger partial charge in [-0.05, 0) is 24.8 Å². The number of nitrogens with two attached hydrogens (primary N) is 1. The van der Waals surface area contributed by atoms with Gasteiger partial charge in [-0.1, -0.05) is 36.8 Å². The Kier molecular flexibility index (Phi) is 2.56. The Morgan fingerprint density at radius 3 is 2.20 bits per heavy atom. The van der Waals surface area contributed by atoms with Crippen LogP contribution in [0.4, 0.5) is 0 Å². The maximum atomic E-state index is 11.5. The third-order valence-electron chi connectivity index (χ3n) is 3.24. The molecule has 0 unspecified atom stereocenters. The molecule has 82 valence electrons. The zero-order valence-electron chi connectivity index (χ0n) is 8.52. The summed E-state index contributed by atoms with van der Waals surface area (Å²) >= 11 is 0. The first-order valence-electron chi connectivity index (χ1n) is 5.10. The van der Waals surface area contributed by atoms with Crippen molar-refractivity contribution in [3.05, 3.63) is 35.9 Å². The van der Waals surface area contributed by atoms with Gasteiger partial charge < -0.3 is 0 Å². The molecule has 0 aliphatic heterocycles. The van der Waals surface area contributed by atoms with E-state index >= 15 is 0 Å². The van der Waals surface area contributed by atoms with E-state index in [0.29, 0.717) is 19.3 Å². The van der Waals surface area contributed by atoms with E-state index < -0.39 is 14.8 Å². The first-order chi connectivity index (χ1) is 7.04. The molecule has 1 aliphatic carbocycles. The molecule has 15 heavy (non-hydrogen) atoms. The van der Waals surface area contributed by atoms with Gasteiger partial charge in [-0.15, -0.1) is 0 Å². The fraction of sp³-hybridized carbons (Fsp3) is 0.455. The second kappa shape index (κ2) is 3.61. The molecule has 2 N–H and O–H groups in total. The predicted molar refractivity (Wildman–Crippen MR) is 59.8 cm³/mol. The Morgan fingerprint density at radius 1 is 1.20 bits per heavy atom. The lowest BCUT2D eigenvalue weighted by molar-refractivity contribution is 0.334. The zero-order valence-corrected chi connectivity index (χ0v) is 9.33. The number of sulfonamides is 1. The maximum absolute atomic E-state index is 11.5. The van der Waals surface area contributed by atoms with Gasteiger partial charge in [0.15, 0.2) is 0 Å². The number of hydrogen-bond donors (Lipinski definition) is 1. The van der Waals surface area contributed by atoms with Crippen LogP contribution >= 0.6 is 0 Å². The summed E-state index contributed by atoms with van der Waals surface area (Å²) in [6.07, 6.45) is 2.90. The molecule has 0 aromatic heterocycles. The van der Waals surface area contributed by atoms with E-state index in [9.17, 15) is 8.42 Å². The highest BCUT2D eigenvalue weighted by atomic mass is 32.2. The van der Waals surface area contributed by atoms with Crippen molar-refractivity contribution in [2.45, 2.75) is 30.4 Å². The lowest BCUT2D eigenvalue weighted by atomic mass is 9.80. The Labute approximate surface area is 90.4 Å². The predicted octanol–water partition coefficient (Wildman–Crippen LogP) is 1.44. The summed E-state index contributed by atoms with van der Waals surface area (Å²) < 4.78 is 22.3. The summed E-state index contributed by atoms with van der Waals surface area (Å²) in [7, 11) is -3.43. The highest BCUT2D eigenvalue weighted by molar-refractivity contribution is 7.90. The van der Waals surface area contributed by atoms with Crippen molar-refractivity contribution in [2.24, 2.45) is 5.14 Å². The van der Waals surface area contributed by atoms with Crippen molar-refractivity contribution in [2.75, 3.05) is 0 Å². The first kappa shape index (κ1) is 10.6. The van der Waals surface area contributed by atoms with Crippen LogP contribution in [0, 0.1) is 0 Å². The van der Waals surface area contributed by atoms with E-state index in [4.69, 9.17) is 5.14 Å². The standard InChI is InChI=1S/C11H15NO2S/c12-15(13,14)11(7-4-8-11)9-10-5-2-1-3-6-10/h1-3,5-6H,4,7-9H2,(H2,12,13,14). The molecule has 1 saturated carbocycles. The van der Waals surface area contributed by atoms with Crippen LogP contribution in [-0.2, 0) is 16.4 Å². The molecule has 1 aliphatic rings. The number of primary sulfonamides is 1. The second-order valence-electron chi connectivity index (χ2n) is 4.24. The molecule has 1 aromatic carbocycles. The Hall–Kier alpha value is -0.870. The van der Waals surface area contributed by atoms with Crippen molar-refractivity contribution in [1.29, 1.82) is 0 Å². The molecule has 0 bridgehead atoms. The van der Waals surface area contributed by atoms with Gasteiger partial charge in [0, 0.05) is 0 Å². The van der Waals surface area contributed by atoms with Gasteiger partial charge in [0.25, 0.3) is 0 Å². The molecule has 3 nitrogen and oxygen atoms in total. The molecular formula is C11H15NO2S. The van der Waals surface area contributed by atoms with E-state index in [1.807, 2.05) is 30.3 Å². The van der Waals surface area contributed by atoms with Gasteiger partial charge in [0.05, 0.1) is 4.75 Å². The van der Waals surface area contributed by atoms with Gasteiger partial charge >= 0.3 is 0 Å². The number of benzene rings is 1. The van der Waals surface area contributed by atoms with Crippen molar-refractivity contribution in [1.82, 2.24) is 0 Å². The summed E-state index contributed by atoms with van der Waals surface area (Å²) in [6.45, 7) is 0. The van der Waals surface area contributed by atoms with E-state index in [2.05, 4.69) is 0 Å². The molecule has 0 heterocycles. The second-order valence-corrected chi connectivity index (χ2v) is 6.20. The number of rotatable bonds is 3. The van der Waals surface area contributed by atoms with Crippen LogP contribution in [-0.4, -0.2) is 13.2 Å². The minimum Gasteiger partial charge on any atom is -0.228 e. The van der Waals surface area contributed by atoms with Gasteiger partial charge in [0.1, 0.15) is 0 Å². The highest BCUT2D eigenvalue weighted by Gasteiger charge is 2.46. The smallest absolute Gasteiger partial charge is 0.215 e. The molecule has 0 radical (unpaired) electrons. The van der Waals surface area contributed by atoms with Crippen LogP contribution in [0.2, 0.25) is 0 Å². The topological polar surface area (TPSA) is 60.2 Å². The molecule has 2 rings (SSSR count).